The molecule has 1 fully saturated rings. The fourth-order valence-corrected chi connectivity index (χ4v) is 4.35. The summed E-state index contributed by atoms with van der Waals surface area (Å²) in [4.78, 5) is 39.5. The summed E-state index contributed by atoms with van der Waals surface area (Å²) in [6.07, 6.45) is 3.52. The Labute approximate surface area is 225 Å². The molecule has 2 heterocycles. The van der Waals surface area contributed by atoms with E-state index >= 15 is 0 Å². The molecule has 9 heteroatoms. The Bertz CT molecular complexity index is 1330. The van der Waals surface area contributed by atoms with Crippen molar-refractivity contribution in [1.82, 2.24) is 15.5 Å². The highest BCUT2D eigenvalue weighted by atomic mass is 35.5. The molecule has 1 aromatic heterocycles. The molecular formula is C28H27Cl2N3O4. The van der Waals surface area contributed by atoms with Gasteiger partial charge in [-0.05, 0) is 62.2 Å². The molecule has 1 aliphatic rings. The van der Waals surface area contributed by atoms with Gasteiger partial charge in [0.15, 0.2) is 0 Å². The Balaban J connectivity index is 1.50. The Hall–Kier alpha value is -3.55. The number of amides is 3. The first-order chi connectivity index (χ1) is 17.8. The minimum atomic E-state index is -0.466. The molecule has 3 aromatic rings. The van der Waals surface area contributed by atoms with Gasteiger partial charge in [0.05, 0.1) is 5.02 Å². The topological polar surface area (TPSA) is 91.7 Å². The maximum absolute atomic E-state index is 13.0. The normalized spacial score (nSPS) is 13.6. The third-order valence-corrected chi connectivity index (χ3v) is 6.54. The lowest BCUT2D eigenvalue weighted by atomic mass is 10.1. The third-order valence-electron chi connectivity index (χ3n) is 5.98. The highest BCUT2D eigenvalue weighted by Crippen LogP contribution is 2.32. The molecule has 0 radical (unpaired) electrons. The second-order valence-electron chi connectivity index (χ2n) is 8.80. The fraction of sp³-hybridized carbons (Fsp3) is 0.250. The lowest BCUT2D eigenvalue weighted by Gasteiger charge is -2.16. The first-order valence-corrected chi connectivity index (χ1v) is 12.8. The van der Waals surface area contributed by atoms with E-state index in [1.165, 1.54) is 6.08 Å². The van der Waals surface area contributed by atoms with Crippen molar-refractivity contribution >= 4 is 47.0 Å². The molecule has 2 aromatic carbocycles. The zero-order valence-corrected chi connectivity index (χ0v) is 21.9. The molecular weight excluding hydrogens is 513 g/mol. The quantitative estimate of drug-likeness (QED) is 0.279. The smallest absolute Gasteiger partial charge is 0.267 e. The molecule has 0 saturated carbocycles. The van der Waals surface area contributed by atoms with Crippen LogP contribution in [0.4, 0.5) is 0 Å². The lowest BCUT2D eigenvalue weighted by Crippen LogP contribution is -2.36. The maximum atomic E-state index is 13.0. The molecule has 0 aliphatic carbocycles. The maximum Gasteiger partial charge on any atom is 0.267 e. The Kier molecular flexibility index (Phi) is 8.69. The number of aryl methyl sites for hydroxylation is 1. The van der Waals surface area contributed by atoms with Gasteiger partial charge in [0.2, 0.25) is 5.91 Å². The van der Waals surface area contributed by atoms with Crippen molar-refractivity contribution in [2.75, 3.05) is 19.6 Å². The SMILES string of the molecule is Cc1ccc(C(=O)N/C(=C\c2ccc(-c3cc(Cl)ccc3Cl)o2)C(=O)NCCCN2CCCC2=O)cc1. The standard InChI is InChI=1S/C28H27Cl2N3O4/c1-18-5-7-19(8-6-18)27(35)32-24(28(36)31-13-3-15-33-14-2-4-26(33)34)17-21-10-12-25(37-21)22-16-20(29)9-11-23(22)30/h5-12,16-17H,2-4,13-15H2,1H3,(H,31,36)(H,32,35)/b24-17-. The zero-order valence-electron chi connectivity index (χ0n) is 20.4. The van der Waals surface area contributed by atoms with E-state index in [2.05, 4.69) is 10.6 Å². The summed E-state index contributed by atoms with van der Waals surface area (Å²) in [5, 5.41) is 6.50. The van der Waals surface area contributed by atoms with Crippen LogP contribution in [0, 0.1) is 6.92 Å². The van der Waals surface area contributed by atoms with Gasteiger partial charge >= 0.3 is 0 Å². The molecule has 2 N–H and O–H groups in total. The molecule has 192 valence electrons. The summed E-state index contributed by atoms with van der Waals surface area (Å²) >= 11 is 12.4. The van der Waals surface area contributed by atoms with Gasteiger partial charge in [-0.3, -0.25) is 14.4 Å². The number of hydrogen-bond donors (Lipinski definition) is 2. The first kappa shape index (κ1) is 26.5. The van der Waals surface area contributed by atoms with E-state index in [-0.39, 0.29) is 11.6 Å². The molecule has 7 nitrogen and oxygen atoms in total. The highest BCUT2D eigenvalue weighted by Gasteiger charge is 2.20. The Morgan fingerprint density at radius 2 is 1.86 bits per heavy atom. The van der Waals surface area contributed by atoms with E-state index in [1.807, 2.05) is 19.1 Å². The van der Waals surface area contributed by atoms with Gasteiger partial charge < -0.3 is 20.0 Å². The second-order valence-corrected chi connectivity index (χ2v) is 9.64. The van der Waals surface area contributed by atoms with Crippen molar-refractivity contribution in [2.24, 2.45) is 0 Å². The summed E-state index contributed by atoms with van der Waals surface area (Å²) in [7, 11) is 0. The molecule has 1 saturated heterocycles. The number of rotatable bonds is 9. The number of halogens is 2. The third kappa shape index (κ3) is 7.02. The van der Waals surface area contributed by atoms with Gasteiger partial charge in [0.25, 0.3) is 11.8 Å². The van der Waals surface area contributed by atoms with Crippen LogP contribution in [-0.2, 0) is 9.59 Å². The monoisotopic (exact) mass is 539 g/mol. The summed E-state index contributed by atoms with van der Waals surface area (Å²) in [5.74, 6) is 0.0769. The molecule has 1 aliphatic heterocycles. The van der Waals surface area contributed by atoms with Crippen molar-refractivity contribution in [3.63, 3.8) is 0 Å². The number of nitrogens with one attached hydrogen (secondary N) is 2. The van der Waals surface area contributed by atoms with E-state index in [0.29, 0.717) is 58.6 Å². The Morgan fingerprint density at radius 1 is 1.08 bits per heavy atom. The van der Waals surface area contributed by atoms with Gasteiger partial charge in [0.1, 0.15) is 17.2 Å². The van der Waals surface area contributed by atoms with E-state index in [0.717, 1.165) is 18.5 Å². The zero-order chi connectivity index (χ0) is 26.4. The van der Waals surface area contributed by atoms with Crippen LogP contribution in [0.15, 0.2) is 64.7 Å². The molecule has 4 rings (SSSR count). The van der Waals surface area contributed by atoms with E-state index in [4.69, 9.17) is 27.6 Å². The van der Waals surface area contributed by atoms with Crippen molar-refractivity contribution in [1.29, 1.82) is 0 Å². The van der Waals surface area contributed by atoms with Gasteiger partial charge in [-0.2, -0.15) is 0 Å². The second kappa shape index (κ2) is 12.1. The number of likely N-dealkylation sites (tertiary alicyclic amines) is 1. The molecule has 3 amide bonds. The molecule has 0 spiro atoms. The fourth-order valence-electron chi connectivity index (χ4n) is 3.97. The van der Waals surface area contributed by atoms with Crippen LogP contribution < -0.4 is 10.6 Å². The minimum Gasteiger partial charge on any atom is -0.457 e. The van der Waals surface area contributed by atoms with Crippen LogP contribution in [0.25, 0.3) is 17.4 Å². The molecule has 0 unspecified atom stereocenters. The van der Waals surface area contributed by atoms with Crippen LogP contribution in [-0.4, -0.2) is 42.3 Å². The number of hydrogen-bond acceptors (Lipinski definition) is 4. The molecule has 0 atom stereocenters. The predicted octanol–water partition coefficient (Wildman–Crippen LogP) is 5.46. The number of benzene rings is 2. The van der Waals surface area contributed by atoms with Crippen molar-refractivity contribution < 1.29 is 18.8 Å². The van der Waals surface area contributed by atoms with Crippen LogP contribution in [0.2, 0.25) is 10.0 Å². The number of carbonyl (C=O) groups is 3. The lowest BCUT2D eigenvalue weighted by molar-refractivity contribution is -0.127. The summed E-state index contributed by atoms with van der Waals surface area (Å²) in [6, 6.07) is 15.5. The van der Waals surface area contributed by atoms with E-state index in [1.54, 1.807) is 47.4 Å². The average Bonchev–Trinajstić information content (AvgIpc) is 3.51. The van der Waals surface area contributed by atoms with Gasteiger partial charge in [-0.25, -0.2) is 0 Å². The van der Waals surface area contributed by atoms with Crippen molar-refractivity contribution in [3.8, 4) is 11.3 Å². The number of nitrogens with zero attached hydrogens (tertiary/aromatic N) is 1. The van der Waals surface area contributed by atoms with E-state index < -0.39 is 11.8 Å². The highest BCUT2D eigenvalue weighted by molar-refractivity contribution is 6.35. The minimum absolute atomic E-state index is 0.0286. The van der Waals surface area contributed by atoms with Crippen molar-refractivity contribution in [2.45, 2.75) is 26.2 Å². The molecule has 37 heavy (non-hydrogen) atoms. The van der Waals surface area contributed by atoms with Gasteiger partial charge in [0, 0.05) is 48.3 Å². The van der Waals surface area contributed by atoms with Crippen LogP contribution >= 0.6 is 23.2 Å². The van der Waals surface area contributed by atoms with Gasteiger partial charge in [-0.1, -0.05) is 40.9 Å². The van der Waals surface area contributed by atoms with E-state index in [9.17, 15) is 14.4 Å². The van der Waals surface area contributed by atoms with Gasteiger partial charge in [-0.15, -0.1) is 0 Å². The number of carbonyl (C=O) groups excluding carboxylic acids is 3. The summed E-state index contributed by atoms with van der Waals surface area (Å²) < 4.78 is 5.90. The molecule has 0 bridgehead atoms. The van der Waals surface area contributed by atoms with Crippen LogP contribution in [0.1, 0.15) is 40.9 Å². The Morgan fingerprint density at radius 3 is 2.59 bits per heavy atom. The first-order valence-electron chi connectivity index (χ1n) is 12.0. The number of furan rings is 1. The average molecular weight is 540 g/mol. The van der Waals surface area contributed by atoms with Crippen LogP contribution in [0.5, 0.6) is 0 Å². The van der Waals surface area contributed by atoms with Crippen LogP contribution in [0.3, 0.4) is 0 Å². The predicted molar refractivity (Wildman–Crippen MR) is 144 cm³/mol. The summed E-state index contributed by atoms with van der Waals surface area (Å²) in [6.45, 7) is 3.61. The largest absolute Gasteiger partial charge is 0.457 e. The van der Waals surface area contributed by atoms with Crippen molar-refractivity contribution in [3.05, 3.63) is 87.2 Å². The summed E-state index contributed by atoms with van der Waals surface area (Å²) in [5.41, 5.74) is 2.08.